The minimum Gasteiger partial charge on any atom is -0.483 e. The number of carboxylic acid groups (broad SMARTS) is 1. The molecule has 1 aromatic heterocycles. The number of carbonyl (C=O) groups excluding carboxylic acids is 2. The number of carbonyl (C=O) groups is 3. The number of esters is 1. The normalized spacial score (nSPS) is 21.0. The van der Waals surface area contributed by atoms with Gasteiger partial charge in [-0.1, -0.05) is 0 Å². The van der Waals surface area contributed by atoms with Gasteiger partial charge in [-0.2, -0.15) is 0 Å². The summed E-state index contributed by atoms with van der Waals surface area (Å²) in [5, 5.41) is 7.80. The topological polar surface area (TPSA) is 100 Å². The molecule has 150 valence electrons. The molecule has 0 aliphatic carbocycles. The van der Waals surface area contributed by atoms with Gasteiger partial charge < -0.3 is 19.6 Å². The Bertz CT molecular complexity index is 695. The van der Waals surface area contributed by atoms with Crippen LogP contribution >= 0.6 is 11.3 Å². The Morgan fingerprint density at radius 1 is 1.41 bits per heavy atom. The average molecular weight is 397 g/mol. The van der Waals surface area contributed by atoms with Gasteiger partial charge in [-0.05, 0) is 40.8 Å². The second-order valence-corrected chi connectivity index (χ2v) is 8.52. The molecule has 2 aliphatic heterocycles. The van der Waals surface area contributed by atoms with Crippen LogP contribution in [0, 0.1) is 19.3 Å². The van der Waals surface area contributed by atoms with E-state index in [4.69, 9.17) is 14.6 Å². The molecule has 0 radical (unpaired) electrons. The third-order valence-corrected chi connectivity index (χ3v) is 6.06. The summed E-state index contributed by atoms with van der Waals surface area (Å²) in [5.74, 6) is -0.0320. The van der Waals surface area contributed by atoms with Crippen molar-refractivity contribution in [3.63, 3.8) is 0 Å². The summed E-state index contributed by atoms with van der Waals surface area (Å²) in [7, 11) is 3.97. The van der Waals surface area contributed by atoms with Crippen molar-refractivity contribution in [1.82, 2.24) is 14.8 Å². The van der Waals surface area contributed by atoms with E-state index in [0.29, 0.717) is 25.9 Å². The molecule has 1 spiro atoms. The van der Waals surface area contributed by atoms with Crippen molar-refractivity contribution >= 4 is 29.7 Å². The van der Waals surface area contributed by atoms with Crippen LogP contribution in [0.1, 0.15) is 39.6 Å². The van der Waals surface area contributed by atoms with Crippen molar-refractivity contribution in [1.29, 1.82) is 0 Å². The van der Waals surface area contributed by atoms with Gasteiger partial charge in [-0.25, -0.2) is 4.98 Å². The lowest BCUT2D eigenvalue weighted by Crippen LogP contribution is -2.45. The molecule has 1 unspecified atom stereocenters. The molecule has 2 fully saturated rings. The molecular formula is C18H27N3O5S. The van der Waals surface area contributed by atoms with Crippen molar-refractivity contribution in [2.24, 2.45) is 5.41 Å². The van der Waals surface area contributed by atoms with E-state index in [1.165, 1.54) is 11.3 Å². The monoisotopic (exact) mass is 397 g/mol. The number of amides is 1. The summed E-state index contributed by atoms with van der Waals surface area (Å²) in [6.45, 7) is 5.52. The first-order valence-electron chi connectivity index (χ1n) is 8.89. The maximum absolute atomic E-state index is 12.7. The molecule has 1 amide bonds. The molecule has 0 saturated carbocycles. The van der Waals surface area contributed by atoms with Crippen molar-refractivity contribution in [3.8, 4) is 0 Å². The fraction of sp³-hybridized carbons (Fsp3) is 0.667. The number of hydrogen-bond acceptors (Lipinski definition) is 7. The number of cyclic esters (lactones) is 1. The summed E-state index contributed by atoms with van der Waals surface area (Å²) in [5.41, 5.74) is 0.407. The van der Waals surface area contributed by atoms with Gasteiger partial charge in [0.15, 0.2) is 0 Å². The second kappa shape index (κ2) is 8.79. The molecule has 3 heterocycles. The molecule has 9 heteroatoms. The number of aromatic nitrogens is 1. The van der Waals surface area contributed by atoms with Crippen LogP contribution in [0.25, 0.3) is 0 Å². The van der Waals surface area contributed by atoms with Crippen molar-refractivity contribution in [3.05, 3.63) is 15.6 Å². The first kappa shape index (κ1) is 21.3. The Balaban J connectivity index is 0.000000817. The summed E-state index contributed by atoms with van der Waals surface area (Å²) in [6.07, 6.45) is 2.13. The molecule has 1 atom stereocenters. The maximum atomic E-state index is 12.7. The third kappa shape index (κ3) is 4.84. The molecule has 1 N–H and O–H groups in total. The number of thiazole rings is 1. The quantitative estimate of drug-likeness (QED) is 0.610. The summed E-state index contributed by atoms with van der Waals surface area (Å²) >= 11 is 1.45. The lowest BCUT2D eigenvalue weighted by molar-refractivity contribution is -0.150. The molecular weight excluding hydrogens is 370 g/mol. The highest BCUT2D eigenvalue weighted by atomic mass is 32.1. The van der Waals surface area contributed by atoms with E-state index in [-0.39, 0.29) is 24.5 Å². The Labute approximate surface area is 163 Å². The first-order valence-corrected chi connectivity index (χ1v) is 9.71. The van der Waals surface area contributed by atoms with E-state index in [0.717, 1.165) is 28.5 Å². The maximum Gasteiger partial charge on any atom is 0.312 e. The van der Waals surface area contributed by atoms with Crippen LogP contribution in [0.3, 0.4) is 0 Å². The van der Waals surface area contributed by atoms with Gasteiger partial charge in [-0.15, -0.1) is 11.3 Å². The van der Waals surface area contributed by atoms with E-state index in [1.54, 1.807) is 0 Å². The lowest BCUT2D eigenvalue weighted by Gasteiger charge is -2.36. The second-order valence-electron chi connectivity index (χ2n) is 7.32. The van der Waals surface area contributed by atoms with E-state index in [2.05, 4.69) is 4.98 Å². The van der Waals surface area contributed by atoms with Crippen molar-refractivity contribution in [2.75, 3.05) is 33.7 Å². The standard InChI is InChI=1S/C17H25N3O3S.CH2O2/c1-11-14(24-12(2)18-11)15(21)20-7-5-17(6-8-20)9-13(10-19(3)4)23-16(17)22;2-1-3/h13H,5-10H2,1-4H3;1H,(H,2,3). The van der Waals surface area contributed by atoms with Crippen LogP contribution in [0.15, 0.2) is 0 Å². The van der Waals surface area contributed by atoms with Gasteiger partial charge in [0.05, 0.1) is 16.1 Å². The number of nitrogens with zero attached hydrogens (tertiary/aromatic N) is 3. The molecule has 0 aromatic carbocycles. The van der Waals surface area contributed by atoms with Crippen LogP contribution in [0.4, 0.5) is 0 Å². The van der Waals surface area contributed by atoms with E-state index in [9.17, 15) is 9.59 Å². The van der Waals surface area contributed by atoms with Crippen LogP contribution in [-0.2, 0) is 14.3 Å². The van der Waals surface area contributed by atoms with Gasteiger partial charge in [0, 0.05) is 26.1 Å². The molecule has 27 heavy (non-hydrogen) atoms. The number of aryl methyl sites for hydroxylation is 2. The number of piperidine rings is 1. The van der Waals surface area contributed by atoms with Gasteiger partial charge in [0.2, 0.25) is 0 Å². The predicted molar refractivity (Wildman–Crippen MR) is 101 cm³/mol. The zero-order valence-corrected chi connectivity index (χ0v) is 17.0. The molecule has 3 rings (SSSR count). The molecule has 2 aliphatic rings. The van der Waals surface area contributed by atoms with Crippen molar-refractivity contribution < 1.29 is 24.2 Å². The van der Waals surface area contributed by atoms with Crippen LogP contribution in [0.5, 0.6) is 0 Å². The highest BCUT2D eigenvalue weighted by molar-refractivity contribution is 7.13. The number of hydrogen-bond donors (Lipinski definition) is 1. The number of likely N-dealkylation sites (N-methyl/N-ethyl adjacent to an activating group) is 1. The zero-order chi connectivity index (χ0) is 20.2. The predicted octanol–water partition coefficient (Wildman–Crippen LogP) is 1.56. The minimum atomic E-state index is -0.393. The van der Waals surface area contributed by atoms with E-state index >= 15 is 0 Å². The van der Waals surface area contributed by atoms with Gasteiger partial charge in [0.1, 0.15) is 11.0 Å². The Morgan fingerprint density at radius 3 is 2.48 bits per heavy atom. The number of ether oxygens (including phenoxy) is 1. The first-order chi connectivity index (χ1) is 12.7. The molecule has 1 aromatic rings. The lowest BCUT2D eigenvalue weighted by atomic mass is 9.76. The van der Waals surface area contributed by atoms with Crippen LogP contribution in [0.2, 0.25) is 0 Å². The SMILES string of the molecule is Cc1nc(C)c(C(=O)N2CCC3(CC2)CC(CN(C)C)OC3=O)s1.O=CO. The summed E-state index contributed by atoms with van der Waals surface area (Å²) < 4.78 is 5.58. The fourth-order valence-electron chi connectivity index (χ4n) is 3.77. The molecule has 8 nitrogen and oxygen atoms in total. The Morgan fingerprint density at radius 2 is 2.00 bits per heavy atom. The summed E-state index contributed by atoms with van der Waals surface area (Å²) in [6, 6.07) is 0. The smallest absolute Gasteiger partial charge is 0.312 e. The number of rotatable bonds is 3. The van der Waals surface area contributed by atoms with Gasteiger partial charge in [-0.3, -0.25) is 14.4 Å². The number of likely N-dealkylation sites (tertiary alicyclic amines) is 1. The average Bonchev–Trinajstić information content (AvgIpc) is 3.07. The molecule has 2 saturated heterocycles. The van der Waals surface area contributed by atoms with Crippen LogP contribution in [-0.4, -0.2) is 78.1 Å². The summed E-state index contributed by atoms with van der Waals surface area (Å²) in [4.78, 5) is 42.4. The van der Waals surface area contributed by atoms with E-state index < -0.39 is 5.41 Å². The van der Waals surface area contributed by atoms with Crippen molar-refractivity contribution in [2.45, 2.75) is 39.2 Å². The largest absolute Gasteiger partial charge is 0.483 e. The molecule has 0 bridgehead atoms. The zero-order valence-electron chi connectivity index (χ0n) is 16.2. The highest BCUT2D eigenvalue weighted by Crippen LogP contribution is 2.43. The highest BCUT2D eigenvalue weighted by Gasteiger charge is 2.50. The third-order valence-electron chi connectivity index (χ3n) is 5.00. The Kier molecular flexibility index (Phi) is 6.94. The minimum absolute atomic E-state index is 0.0267. The van der Waals surface area contributed by atoms with E-state index in [1.807, 2.05) is 37.7 Å². The van der Waals surface area contributed by atoms with Gasteiger partial charge in [0.25, 0.3) is 12.4 Å². The van der Waals surface area contributed by atoms with Crippen LogP contribution < -0.4 is 0 Å². The Hall–Kier alpha value is -2.00. The van der Waals surface area contributed by atoms with Gasteiger partial charge >= 0.3 is 5.97 Å². The fourth-order valence-corrected chi connectivity index (χ4v) is 4.65.